The Kier molecular flexibility index (Phi) is 2.93. The van der Waals surface area contributed by atoms with E-state index in [-0.39, 0.29) is 11.4 Å². The Labute approximate surface area is 87.7 Å². The second-order valence-electron chi connectivity index (χ2n) is 4.29. The summed E-state index contributed by atoms with van der Waals surface area (Å²) >= 11 is 0. The number of rotatable bonds is 1. The van der Waals surface area contributed by atoms with E-state index in [0.717, 1.165) is 12.3 Å². The summed E-state index contributed by atoms with van der Waals surface area (Å²) in [7, 11) is 0. The van der Waals surface area contributed by atoms with E-state index in [1.54, 1.807) is 0 Å². The zero-order valence-electron chi connectivity index (χ0n) is 8.97. The molecular weight excluding hydrogens is 197 g/mol. The molecule has 0 spiro atoms. The van der Waals surface area contributed by atoms with Crippen molar-refractivity contribution in [3.05, 3.63) is 23.6 Å². The van der Waals surface area contributed by atoms with Crippen LogP contribution in [-0.4, -0.2) is 16.4 Å². The van der Waals surface area contributed by atoms with Crippen molar-refractivity contribution in [3.63, 3.8) is 0 Å². The van der Waals surface area contributed by atoms with E-state index >= 15 is 0 Å². The molecule has 3 N–H and O–H groups in total. The average Bonchev–Trinajstić information content (AvgIpc) is 2.06. The van der Waals surface area contributed by atoms with Gasteiger partial charge in [0.15, 0.2) is 0 Å². The summed E-state index contributed by atoms with van der Waals surface area (Å²) in [6.07, 6.45) is 0.975. The Morgan fingerprint density at radius 3 is 2.67 bits per heavy atom. The van der Waals surface area contributed by atoms with E-state index in [1.165, 1.54) is 0 Å². The quantitative estimate of drug-likeness (QED) is 0.736. The molecular formula is C10H14FN3O. The number of aromatic nitrogens is 1. The molecule has 0 saturated heterocycles. The summed E-state index contributed by atoms with van der Waals surface area (Å²) in [5.41, 5.74) is 5.14. The fourth-order valence-electron chi connectivity index (χ4n) is 1.04. The number of pyridine rings is 1. The highest BCUT2D eigenvalue weighted by Gasteiger charge is 2.18. The summed E-state index contributed by atoms with van der Waals surface area (Å²) in [4.78, 5) is 15.2. The number of nitrogens with two attached hydrogens (primary N) is 1. The van der Waals surface area contributed by atoms with Crippen LogP contribution < -0.4 is 11.1 Å². The first-order valence-electron chi connectivity index (χ1n) is 4.53. The minimum Gasteiger partial charge on any atom is -0.383 e. The highest BCUT2D eigenvalue weighted by Crippen LogP contribution is 2.11. The van der Waals surface area contributed by atoms with Crippen LogP contribution in [0.3, 0.4) is 0 Å². The van der Waals surface area contributed by atoms with E-state index in [0.29, 0.717) is 0 Å². The maximum atomic E-state index is 12.8. The number of halogens is 1. The third-order valence-corrected chi connectivity index (χ3v) is 1.62. The van der Waals surface area contributed by atoms with Crippen molar-refractivity contribution in [1.82, 2.24) is 10.3 Å². The van der Waals surface area contributed by atoms with Gasteiger partial charge in [0.25, 0.3) is 5.91 Å². The molecule has 1 aromatic rings. The van der Waals surface area contributed by atoms with Gasteiger partial charge in [-0.15, -0.1) is 0 Å². The lowest BCUT2D eigenvalue weighted by molar-refractivity contribution is 0.0919. The van der Waals surface area contributed by atoms with Crippen molar-refractivity contribution in [2.45, 2.75) is 26.3 Å². The lowest BCUT2D eigenvalue weighted by Crippen LogP contribution is -2.40. The van der Waals surface area contributed by atoms with E-state index in [4.69, 9.17) is 5.73 Å². The van der Waals surface area contributed by atoms with E-state index in [2.05, 4.69) is 10.3 Å². The zero-order valence-corrected chi connectivity index (χ0v) is 8.97. The molecule has 0 saturated carbocycles. The van der Waals surface area contributed by atoms with Crippen LogP contribution in [-0.2, 0) is 0 Å². The van der Waals surface area contributed by atoms with Crippen molar-refractivity contribution >= 4 is 11.7 Å². The zero-order chi connectivity index (χ0) is 11.6. The molecule has 0 aromatic carbocycles. The molecule has 0 bridgehead atoms. The number of carbonyl (C=O) groups is 1. The van der Waals surface area contributed by atoms with Gasteiger partial charge in [0.2, 0.25) is 0 Å². The first-order chi connectivity index (χ1) is 6.79. The molecule has 0 fully saturated rings. The van der Waals surface area contributed by atoms with Gasteiger partial charge in [-0.05, 0) is 26.8 Å². The Morgan fingerprint density at radius 2 is 2.13 bits per heavy atom. The third kappa shape index (κ3) is 3.19. The molecule has 4 nitrogen and oxygen atoms in total. The number of nitrogens with one attached hydrogen (secondary N) is 1. The molecule has 0 aliphatic carbocycles. The maximum absolute atomic E-state index is 12.8. The SMILES string of the molecule is CC(C)(C)NC(=O)c1cc(F)cnc1N. The molecule has 5 heteroatoms. The molecule has 1 rings (SSSR count). The third-order valence-electron chi connectivity index (χ3n) is 1.62. The fraction of sp³-hybridized carbons (Fsp3) is 0.400. The minimum absolute atomic E-state index is 0.0261. The van der Waals surface area contributed by atoms with Crippen LogP contribution in [0.4, 0.5) is 10.2 Å². The van der Waals surface area contributed by atoms with Crippen molar-refractivity contribution in [2.24, 2.45) is 0 Å². The second-order valence-corrected chi connectivity index (χ2v) is 4.29. The normalized spacial score (nSPS) is 11.2. The maximum Gasteiger partial charge on any atom is 0.255 e. The van der Waals surface area contributed by atoms with E-state index < -0.39 is 17.3 Å². The van der Waals surface area contributed by atoms with Gasteiger partial charge in [-0.3, -0.25) is 4.79 Å². The van der Waals surface area contributed by atoms with Gasteiger partial charge in [-0.1, -0.05) is 0 Å². The summed E-state index contributed by atoms with van der Waals surface area (Å²) in [5, 5.41) is 2.68. The Bertz CT molecular complexity index is 385. The Balaban J connectivity index is 2.96. The highest BCUT2D eigenvalue weighted by molar-refractivity contribution is 5.98. The number of nitrogens with zero attached hydrogens (tertiary/aromatic N) is 1. The van der Waals surface area contributed by atoms with Gasteiger partial charge in [-0.2, -0.15) is 0 Å². The predicted molar refractivity (Wildman–Crippen MR) is 55.8 cm³/mol. The number of nitrogen functional groups attached to an aromatic ring is 1. The van der Waals surface area contributed by atoms with Gasteiger partial charge >= 0.3 is 0 Å². The largest absolute Gasteiger partial charge is 0.383 e. The van der Waals surface area contributed by atoms with Crippen LogP contribution in [0.5, 0.6) is 0 Å². The summed E-state index contributed by atoms with van der Waals surface area (Å²) in [6.45, 7) is 5.48. The molecule has 0 aliphatic heterocycles. The minimum atomic E-state index is -0.580. The fourth-order valence-corrected chi connectivity index (χ4v) is 1.04. The van der Waals surface area contributed by atoms with Crippen LogP contribution >= 0.6 is 0 Å². The summed E-state index contributed by atoms with van der Waals surface area (Å²) in [6, 6.07) is 1.07. The van der Waals surface area contributed by atoms with Gasteiger partial charge in [-0.25, -0.2) is 9.37 Å². The molecule has 0 atom stereocenters. The molecule has 82 valence electrons. The van der Waals surface area contributed by atoms with Crippen LogP contribution in [0.1, 0.15) is 31.1 Å². The van der Waals surface area contributed by atoms with Crippen molar-refractivity contribution in [3.8, 4) is 0 Å². The lowest BCUT2D eigenvalue weighted by Gasteiger charge is -2.20. The van der Waals surface area contributed by atoms with E-state index in [1.807, 2.05) is 20.8 Å². The Hall–Kier alpha value is -1.65. The number of amides is 1. The van der Waals surface area contributed by atoms with Crippen LogP contribution in [0, 0.1) is 5.82 Å². The molecule has 15 heavy (non-hydrogen) atoms. The highest BCUT2D eigenvalue weighted by atomic mass is 19.1. The first-order valence-corrected chi connectivity index (χ1v) is 4.53. The number of hydrogen-bond acceptors (Lipinski definition) is 3. The topological polar surface area (TPSA) is 68.0 Å². The number of carbonyl (C=O) groups excluding carboxylic acids is 1. The lowest BCUT2D eigenvalue weighted by atomic mass is 10.1. The second kappa shape index (κ2) is 3.84. The van der Waals surface area contributed by atoms with Crippen LogP contribution in [0.25, 0.3) is 0 Å². The average molecular weight is 211 g/mol. The number of hydrogen-bond donors (Lipinski definition) is 2. The standard InChI is InChI=1S/C10H14FN3O/c1-10(2,3)14-9(15)7-4-6(11)5-13-8(7)12/h4-5H,1-3H3,(H2,12,13)(H,14,15). The van der Waals surface area contributed by atoms with E-state index in [9.17, 15) is 9.18 Å². The van der Waals surface area contributed by atoms with Crippen molar-refractivity contribution < 1.29 is 9.18 Å². The molecule has 1 heterocycles. The van der Waals surface area contributed by atoms with Gasteiger partial charge < -0.3 is 11.1 Å². The molecule has 0 unspecified atom stereocenters. The van der Waals surface area contributed by atoms with Crippen molar-refractivity contribution in [1.29, 1.82) is 0 Å². The van der Waals surface area contributed by atoms with Gasteiger partial charge in [0, 0.05) is 5.54 Å². The molecule has 0 radical (unpaired) electrons. The predicted octanol–water partition coefficient (Wildman–Crippen LogP) is 1.33. The summed E-state index contributed by atoms with van der Waals surface area (Å²) in [5.74, 6) is -0.978. The van der Waals surface area contributed by atoms with Crippen LogP contribution in [0.15, 0.2) is 12.3 Å². The number of anilines is 1. The van der Waals surface area contributed by atoms with Crippen molar-refractivity contribution in [2.75, 3.05) is 5.73 Å². The molecule has 0 aliphatic rings. The molecule has 1 amide bonds. The summed E-state index contributed by atoms with van der Waals surface area (Å²) < 4.78 is 12.8. The van der Waals surface area contributed by atoms with Gasteiger partial charge in [0.05, 0.1) is 11.8 Å². The smallest absolute Gasteiger partial charge is 0.255 e. The monoisotopic (exact) mass is 211 g/mol. The first kappa shape index (κ1) is 11.4. The van der Waals surface area contributed by atoms with Gasteiger partial charge in [0.1, 0.15) is 11.6 Å². The Morgan fingerprint density at radius 1 is 1.53 bits per heavy atom. The van der Waals surface area contributed by atoms with Crippen LogP contribution in [0.2, 0.25) is 0 Å². The molecule has 1 aromatic heterocycles.